The number of ether oxygens (including phenoxy) is 1. The van der Waals surface area contributed by atoms with Crippen molar-refractivity contribution in [3.05, 3.63) is 17.7 Å². The van der Waals surface area contributed by atoms with E-state index in [4.69, 9.17) is 4.74 Å². The second-order valence-electron chi connectivity index (χ2n) is 11.1. The highest BCUT2D eigenvalue weighted by Gasteiger charge is 2.72. The Bertz CT molecular complexity index is 1020. The number of fused-ring (bicyclic) bond motifs is 1. The highest BCUT2D eigenvalue weighted by atomic mass is 16.5. The molecule has 4 N–H and O–H groups in total. The van der Waals surface area contributed by atoms with E-state index in [0.29, 0.717) is 48.7 Å². The molecular weight excluding hydrogens is 452 g/mol. The first-order chi connectivity index (χ1) is 16.4. The number of benzene rings is 1. The molecule has 1 aliphatic heterocycles. The van der Waals surface area contributed by atoms with Gasteiger partial charge in [-0.3, -0.25) is 9.59 Å². The number of amides is 2. The lowest BCUT2D eigenvalue weighted by atomic mass is 9.88. The van der Waals surface area contributed by atoms with Gasteiger partial charge in [0.1, 0.15) is 12.1 Å². The largest absolute Gasteiger partial charge is 0.504 e. The number of aromatic hydroxyl groups is 3. The summed E-state index contributed by atoms with van der Waals surface area (Å²) in [7, 11) is 0. The SMILES string of the molecule is C[C@H](NC(=O)c1cc(O)c(O)c(O)c1)C(=O)N1CCCC1C(=O)OCCC1CCC2(C)C1C2(C)C. The number of rotatable bonds is 7. The summed E-state index contributed by atoms with van der Waals surface area (Å²) in [6, 6.07) is 0.373. The van der Waals surface area contributed by atoms with Crippen molar-refractivity contribution in [2.75, 3.05) is 13.2 Å². The predicted molar refractivity (Wildman–Crippen MR) is 127 cm³/mol. The molecule has 0 aromatic heterocycles. The number of nitrogens with zero attached hydrogens (tertiary/aromatic N) is 1. The summed E-state index contributed by atoms with van der Waals surface area (Å²) < 4.78 is 5.60. The van der Waals surface area contributed by atoms with Crippen molar-refractivity contribution < 1.29 is 34.4 Å². The van der Waals surface area contributed by atoms with Crippen molar-refractivity contribution in [3.8, 4) is 17.2 Å². The van der Waals surface area contributed by atoms with Crippen molar-refractivity contribution in [1.29, 1.82) is 0 Å². The standard InChI is InChI=1S/C26H36N2O7/c1-14(27-22(32)16-12-18(29)20(31)19(30)13-16)23(33)28-10-5-6-17(28)24(34)35-11-8-15-7-9-26(4)21(15)25(26,2)3/h12-15,17,21,29-31H,5-11H2,1-4H3,(H,27,32)/t14-,15?,17?,21?,26?/m0/s1. The van der Waals surface area contributed by atoms with Crippen LogP contribution in [-0.4, -0.2) is 63.2 Å². The number of likely N-dealkylation sites (tertiary alicyclic amines) is 1. The summed E-state index contributed by atoms with van der Waals surface area (Å²) in [5, 5.41) is 31.2. The Morgan fingerprint density at radius 2 is 1.80 bits per heavy atom. The molecule has 2 saturated carbocycles. The molecule has 5 atom stereocenters. The first kappa shape index (κ1) is 25.1. The van der Waals surface area contributed by atoms with Gasteiger partial charge in [0.05, 0.1) is 6.61 Å². The molecule has 9 heteroatoms. The normalized spacial score (nSPS) is 29.4. The van der Waals surface area contributed by atoms with Crippen LogP contribution in [0.2, 0.25) is 0 Å². The van der Waals surface area contributed by atoms with Crippen LogP contribution >= 0.6 is 0 Å². The number of esters is 1. The number of nitrogens with one attached hydrogen (secondary N) is 1. The summed E-state index contributed by atoms with van der Waals surface area (Å²) in [5.41, 5.74) is 0.651. The van der Waals surface area contributed by atoms with Crippen LogP contribution in [0.15, 0.2) is 12.1 Å². The monoisotopic (exact) mass is 488 g/mol. The number of carbonyl (C=O) groups is 3. The van der Waals surface area contributed by atoms with Crippen LogP contribution in [0.1, 0.15) is 70.2 Å². The lowest BCUT2D eigenvalue weighted by molar-refractivity contribution is -0.154. The zero-order valence-corrected chi connectivity index (χ0v) is 20.8. The first-order valence-corrected chi connectivity index (χ1v) is 12.4. The van der Waals surface area contributed by atoms with Crippen LogP contribution in [-0.2, 0) is 14.3 Å². The van der Waals surface area contributed by atoms with Gasteiger partial charge in [-0.2, -0.15) is 0 Å². The van der Waals surface area contributed by atoms with Crippen molar-refractivity contribution in [2.24, 2.45) is 22.7 Å². The van der Waals surface area contributed by atoms with Crippen LogP contribution in [0, 0.1) is 22.7 Å². The van der Waals surface area contributed by atoms with E-state index in [-0.39, 0.29) is 5.56 Å². The van der Waals surface area contributed by atoms with Crippen molar-refractivity contribution in [3.63, 3.8) is 0 Å². The van der Waals surface area contributed by atoms with Gasteiger partial charge in [0.15, 0.2) is 17.2 Å². The van der Waals surface area contributed by atoms with E-state index in [0.717, 1.165) is 18.6 Å². The molecule has 4 rings (SSSR count). The molecule has 1 heterocycles. The topological polar surface area (TPSA) is 136 Å². The molecule has 1 aromatic rings. The average molecular weight is 489 g/mol. The Morgan fingerprint density at radius 1 is 1.14 bits per heavy atom. The lowest BCUT2D eigenvalue weighted by Crippen LogP contribution is -2.50. The minimum absolute atomic E-state index is 0.114. The highest BCUT2D eigenvalue weighted by Crippen LogP contribution is 2.78. The van der Waals surface area contributed by atoms with Gasteiger partial charge >= 0.3 is 5.97 Å². The van der Waals surface area contributed by atoms with Gasteiger partial charge < -0.3 is 30.3 Å². The molecule has 35 heavy (non-hydrogen) atoms. The fourth-order valence-electron chi connectivity index (χ4n) is 6.68. The molecule has 3 fully saturated rings. The number of hydrogen-bond donors (Lipinski definition) is 4. The van der Waals surface area contributed by atoms with Gasteiger partial charge in [0.25, 0.3) is 5.91 Å². The van der Waals surface area contributed by atoms with Crippen LogP contribution in [0.5, 0.6) is 17.2 Å². The van der Waals surface area contributed by atoms with Crippen molar-refractivity contribution >= 4 is 17.8 Å². The third-order valence-electron chi connectivity index (χ3n) is 8.95. The van der Waals surface area contributed by atoms with E-state index in [1.165, 1.54) is 24.7 Å². The fraction of sp³-hybridized carbons (Fsp3) is 0.654. The minimum atomic E-state index is -0.942. The van der Waals surface area contributed by atoms with E-state index in [1.807, 2.05) is 0 Å². The Kier molecular flexibility index (Phi) is 6.40. The Hall–Kier alpha value is -2.97. The van der Waals surface area contributed by atoms with Gasteiger partial charge in [-0.25, -0.2) is 4.79 Å². The van der Waals surface area contributed by atoms with Gasteiger partial charge in [-0.1, -0.05) is 20.8 Å². The van der Waals surface area contributed by atoms with E-state index >= 15 is 0 Å². The molecule has 3 aliphatic rings. The third-order valence-corrected chi connectivity index (χ3v) is 8.95. The fourth-order valence-corrected chi connectivity index (χ4v) is 6.68. The highest BCUT2D eigenvalue weighted by molar-refractivity contribution is 5.99. The zero-order valence-electron chi connectivity index (χ0n) is 20.8. The average Bonchev–Trinajstić information content (AvgIpc) is 3.22. The Labute approximate surface area is 205 Å². The molecule has 0 spiro atoms. The van der Waals surface area contributed by atoms with Crippen LogP contribution < -0.4 is 5.32 Å². The van der Waals surface area contributed by atoms with Gasteiger partial charge in [0, 0.05) is 12.1 Å². The summed E-state index contributed by atoms with van der Waals surface area (Å²) in [6.45, 7) is 9.27. The second kappa shape index (κ2) is 8.91. The molecule has 4 unspecified atom stereocenters. The van der Waals surface area contributed by atoms with E-state index < -0.39 is 47.1 Å². The minimum Gasteiger partial charge on any atom is -0.504 e. The van der Waals surface area contributed by atoms with E-state index in [2.05, 4.69) is 26.1 Å². The van der Waals surface area contributed by atoms with Gasteiger partial charge in [-0.15, -0.1) is 0 Å². The molecule has 0 bridgehead atoms. The second-order valence-corrected chi connectivity index (χ2v) is 11.1. The first-order valence-electron chi connectivity index (χ1n) is 12.4. The quantitative estimate of drug-likeness (QED) is 0.342. The lowest BCUT2D eigenvalue weighted by Gasteiger charge is -2.27. The van der Waals surface area contributed by atoms with Crippen molar-refractivity contribution in [1.82, 2.24) is 10.2 Å². The molecule has 1 aromatic carbocycles. The molecule has 1 saturated heterocycles. The molecule has 2 aliphatic carbocycles. The Balaban J connectivity index is 1.29. The predicted octanol–water partition coefficient (Wildman–Crippen LogP) is 2.92. The number of phenolic OH excluding ortho intramolecular Hbond substituents is 3. The maximum Gasteiger partial charge on any atom is 0.328 e. The number of carbonyl (C=O) groups excluding carboxylic acids is 3. The molecule has 0 radical (unpaired) electrons. The zero-order chi connectivity index (χ0) is 25.7. The van der Waals surface area contributed by atoms with Crippen LogP contribution in [0.4, 0.5) is 0 Å². The molecule has 9 nitrogen and oxygen atoms in total. The summed E-state index contributed by atoms with van der Waals surface area (Å²) in [4.78, 5) is 39.8. The maximum atomic E-state index is 13.0. The van der Waals surface area contributed by atoms with Gasteiger partial charge in [0.2, 0.25) is 5.91 Å². The third kappa shape index (κ3) is 4.29. The van der Waals surface area contributed by atoms with Crippen molar-refractivity contribution in [2.45, 2.75) is 71.9 Å². The summed E-state index contributed by atoms with van der Waals surface area (Å²) in [5.74, 6) is -2.30. The molecular formula is C26H36N2O7. The van der Waals surface area contributed by atoms with E-state index in [1.54, 1.807) is 0 Å². The smallest absolute Gasteiger partial charge is 0.328 e. The van der Waals surface area contributed by atoms with Crippen LogP contribution in [0.3, 0.4) is 0 Å². The summed E-state index contributed by atoms with van der Waals surface area (Å²) in [6.07, 6.45) is 4.42. The number of hydrogen-bond acceptors (Lipinski definition) is 7. The van der Waals surface area contributed by atoms with Gasteiger partial charge in [-0.05, 0) is 73.8 Å². The molecule has 192 valence electrons. The molecule has 2 amide bonds. The number of phenols is 3. The van der Waals surface area contributed by atoms with E-state index in [9.17, 15) is 29.7 Å². The maximum absolute atomic E-state index is 13.0. The summed E-state index contributed by atoms with van der Waals surface area (Å²) >= 11 is 0. The van der Waals surface area contributed by atoms with Crippen LogP contribution in [0.25, 0.3) is 0 Å². The Morgan fingerprint density at radius 3 is 2.40 bits per heavy atom.